The third-order valence-electron chi connectivity index (χ3n) is 3.50. The topological polar surface area (TPSA) is 27.7 Å². The molecule has 0 saturated carbocycles. The molecule has 3 heteroatoms. The fourth-order valence-electron chi connectivity index (χ4n) is 2.38. The Hall–Kier alpha value is -0.120. The standard InChI is InChI=1S/C18H38O3/c1-5-9-10-11-12-13-14-15-18(19-8-4,20-16-6-2)21-17-7-3/h5-17H2,1-4H3. The number of rotatable bonds is 16. The molecule has 3 nitrogen and oxygen atoms in total. The Morgan fingerprint density at radius 2 is 1.10 bits per heavy atom. The van der Waals surface area contributed by atoms with Crippen LogP contribution < -0.4 is 0 Å². The van der Waals surface area contributed by atoms with Gasteiger partial charge in [-0.15, -0.1) is 0 Å². The zero-order chi connectivity index (χ0) is 15.8. The monoisotopic (exact) mass is 302 g/mol. The molecule has 0 saturated heterocycles. The summed E-state index contributed by atoms with van der Waals surface area (Å²) < 4.78 is 17.7. The molecule has 0 bridgehead atoms. The second kappa shape index (κ2) is 14.8. The average Bonchev–Trinajstić information content (AvgIpc) is 2.50. The van der Waals surface area contributed by atoms with Gasteiger partial charge in [0.05, 0.1) is 13.2 Å². The van der Waals surface area contributed by atoms with Crippen LogP contribution in [0.5, 0.6) is 0 Å². The molecular weight excluding hydrogens is 264 g/mol. The van der Waals surface area contributed by atoms with Gasteiger partial charge in [0.25, 0.3) is 5.97 Å². The Morgan fingerprint density at radius 3 is 1.57 bits per heavy atom. The van der Waals surface area contributed by atoms with Gasteiger partial charge in [-0.25, -0.2) is 0 Å². The molecule has 0 radical (unpaired) electrons. The largest absolute Gasteiger partial charge is 0.328 e. The molecule has 0 spiro atoms. The zero-order valence-corrected chi connectivity index (χ0v) is 14.9. The van der Waals surface area contributed by atoms with Gasteiger partial charge in [-0.05, 0) is 26.2 Å². The van der Waals surface area contributed by atoms with Crippen LogP contribution in [-0.4, -0.2) is 25.8 Å². The maximum Gasteiger partial charge on any atom is 0.282 e. The highest BCUT2D eigenvalue weighted by Gasteiger charge is 2.32. The molecule has 0 aromatic heterocycles. The van der Waals surface area contributed by atoms with E-state index in [1.807, 2.05) is 6.92 Å². The van der Waals surface area contributed by atoms with Crippen molar-refractivity contribution in [3.05, 3.63) is 0 Å². The molecule has 0 atom stereocenters. The number of hydrogen-bond donors (Lipinski definition) is 0. The Balaban J connectivity index is 4.10. The van der Waals surface area contributed by atoms with Crippen LogP contribution in [-0.2, 0) is 14.2 Å². The summed E-state index contributed by atoms with van der Waals surface area (Å²) >= 11 is 0. The number of ether oxygens (including phenoxy) is 3. The van der Waals surface area contributed by atoms with Gasteiger partial charge in [-0.2, -0.15) is 0 Å². The summed E-state index contributed by atoms with van der Waals surface area (Å²) in [6, 6.07) is 0. The molecular formula is C18H38O3. The average molecular weight is 302 g/mol. The molecule has 0 amide bonds. The molecule has 21 heavy (non-hydrogen) atoms. The Labute approximate surface area is 132 Å². The fourth-order valence-corrected chi connectivity index (χ4v) is 2.38. The first-order chi connectivity index (χ1) is 10.2. The molecule has 0 aliphatic rings. The van der Waals surface area contributed by atoms with Gasteiger partial charge >= 0.3 is 0 Å². The minimum Gasteiger partial charge on any atom is -0.328 e. The summed E-state index contributed by atoms with van der Waals surface area (Å²) in [7, 11) is 0. The van der Waals surface area contributed by atoms with E-state index in [4.69, 9.17) is 14.2 Å². The first kappa shape index (κ1) is 20.9. The molecule has 0 aromatic carbocycles. The van der Waals surface area contributed by atoms with Crippen molar-refractivity contribution in [2.24, 2.45) is 0 Å². The molecule has 128 valence electrons. The van der Waals surface area contributed by atoms with E-state index in [0.29, 0.717) is 19.8 Å². The zero-order valence-electron chi connectivity index (χ0n) is 14.9. The molecule has 0 N–H and O–H groups in total. The normalized spacial score (nSPS) is 12.0. The van der Waals surface area contributed by atoms with Gasteiger partial charge in [0.1, 0.15) is 0 Å². The van der Waals surface area contributed by atoms with Crippen molar-refractivity contribution in [2.75, 3.05) is 19.8 Å². The second-order valence-electron chi connectivity index (χ2n) is 5.68. The van der Waals surface area contributed by atoms with Crippen LogP contribution in [0.3, 0.4) is 0 Å². The third kappa shape index (κ3) is 11.1. The van der Waals surface area contributed by atoms with Crippen molar-refractivity contribution in [3.63, 3.8) is 0 Å². The third-order valence-corrected chi connectivity index (χ3v) is 3.50. The Bertz CT molecular complexity index is 199. The predicted octanol–water partition coefficient (Wildman–Crippen LogP) is 5.67. The summed E-state index contributed by atoms with van der Waals surface area (Å²) in [5, 5.41) is 0. The Morgan fingerprint density at radius 1 is 0.571 bits per heavy atom. The van der Waals surface area contributed by atoms with Crippen LogP contribution in [0.25, 0.3) is 0 Å². The van der Waals surface area contributed by atoms with Crippen molar-refractivity contribution in [1.82, 2.24) is 0 Å². The van der Waals surface area contributed by atoms with Gasteiger partial charge in [-0.1, -0.05) is 59.3 Å². The van der Waals surface area contributed by atoms with E-state index in [1.165, 1.54) is 38.5 Å². The molecule has 0 aromatic rings. The van der Waals surface area contributed by atoms with Crippen molar-refractivity contribution in [1.29, 1.82) is 0 Å². The highest BCUT2D eigenvalue weighted by molar-refractivity contribution is 4.60. The van der Waals surface area contributed by atoms with Crippen LogP contribution in [0.15, 0.2) is 0 Å². The quantitative estimate of drug-likeness (QED) is 0.271. The maximum absolute atomic E-state index is 5.92. The first-order valence-corrected chi connectivity index (χ1v) is 9.16. The van der Waals surface area contributed by atoms with Gasteiger partial charge in [0.15, 0.2) is 0 Å². The van der Waals surface area contributed by atoms with Gasteiger partial charge in [0.2, 0.25) is 0 Å². The molecule has 0 rings (SSSR count). The molecule has 0 aliphatic heterocycles. The first-order valence-electron chi connectivity index (χ1n) is 9.16. The number of hydrogen-bond acceptors (Lipinski definition) is 3. The van der Waals surface area contributed by atoms with E-state index in [1.54, 1.807) is 0 Å². The van der Waals surface area contributed by atoms with Crippen LogP contribution >= 0.6 is 0 Å². The van der Waals surface area contributed by atoms with Gasteiger partial charge < -0.3 is 14.2 Å². The summed E-state index contributed by atoms with van der Waals surface area (Å²) in [6.45, 7) is 10.5. The molecule has 0 unspecified atom stereocenters. The van der Waals surface area contributed by atoms with Crippen LogP contribution in [0, 0.1) is 0 Å². The van der Waals surface area contributed by atoms with Gasteiger partial charge in [-0.3, -0.25) is 0 Å². The predicted molar refractivity (Wildman–Crippen MR) is 89.5 cm³/mol. The van der Waals surface area contributed by atoms with Crippen molar-refractivity contribution >= 4 is 0 Å². The number of unbranched alkanes of at least 4 members (excludes halogenated alkanes) is 6. The Kier molecular flexibility index (Phi) is 14.7. The maximum atomic E-state index is 5.92. The summed E-state index contributed by atoms with van der Waals surface area (Å²) in [5.41, 5.74) is 0. The summed E-state index contributed by atoms with van der Waals surface area (Å²) in [4.78, 5) is 0. The lowest BCUT2D eigenvalue weighted by molar-refractivity contribution is -0.382. The van der Waals surface area contributed by atoms with E-state index in [-0.39, 0.29) is 0 Å². The van der Waals surface area contributed by atoms with E-state index < -0.39 is 5.97 Å². The van der Waals surface area contributed by atoms with E-state index in [0.717, 1.165) is 25.7 Å². The van der Waals surface area contributed by atoms with Gasteiger partial charge in [0, 0.05) is 13.0 Å². The van der Waals surface area contributed by atoms with E-state index >= 15 is 0 Å². The van der Waals surface area contributed by atoms with E-state index in [2.05, 4.69) is 20.8 Å². The lowest BCUT2D eigenvalue weighted by Gasteiger charge is -2.33. The summed E-state index contributed by atoms with van der Waals surface area (Å²) in [6.07, 6.45) is 11.9. The smallest absolute Gasteiger partial charge is 0.282 e. The van der Waals surface area contributed by atoms with Crippen LogP contribution in [0.2, 0.25) is 0 Å². The fraction of sp³-hybridized carbons (Fsp3) is 1.00. The van der Waals surface area contributed by atoms with Crippen LogP contribution in [0.1, 0.15) is 91.9 Å². The highest BCUT2D eigenvalue weighted by Crippen LogP contribution is 2.24. The minimum absolute atomic E-state index is 0.629. The van der Waals surface area contributed by atoms with Crippen LogP contribution in [0.4, 0.5) is 0 Å². The van der Waals surface area contributed by atoms with Crippen molar-refractivity contribution in [3.8, 4) is 0 Å². The van der Waals surface area contributed by atoms with Crippen molar-refractivity contribution in [2.45, 2.75) is 97.9 Å². The second-order valence-corrected chi connectivity index (χ2v) is 5.68. The lowest BCUT2D eigenvalue weighted by atomic mass is 10.1. The lowest BCUT2D eigenvalue weighted by Crippen LogP contribution is -2.40. The molecule has 0 heterocycles. The van der Waals surface area contributed by atoms with E-state index in [9.17, 15) is 0 Å². The van der Waals surface area contributed by atoms with Crippen molar-refractivity contribution < 1.29 is 14.2 Å². The SMILES string of the molecule is CCCCCCCCCC(OCC)(OCCC)OCCC. The summed E-state index contributed by atoms with van der Waals surface area (Å²) in [5.74, 6) is -0.801. The molecule has 0 fully saturated rings. The minimum atomic E-state index is -0.801. The highest BCUT2D eigenvalue weighted by atomic mass is 16.9. The molecule has 0 aliphatic carbocycles.